The maximum atomic E-state index is 12.3. The molecule has 0 saturated carbocycles. The molecule has 0 radical (unpaired) electrons. The summed E-state index contributed by atoms with van der Waals surface area (Å²) >= 11 is 3.42. The number of hydrogen-bond donors (Lipinski definition) is 1. The van der Waals surface area contributed by atoms with Crippen LogP contribution in [0.2, 0.25) is 0 Å². The number of carbonyl (C=O) groups excluding carboxylic acids is 1. The fraction of sp³-hybridized carbons (Fsp3) is 0.333. The van der Waals surface area contributed by atoms with Crippen molar-refractivity contribution >= 4 is 21.9 Å². The fourth-order valence-corrected chi connectivity index (χ4v) is 3.47. The lowest BCUT2D eigenvalue weighted by molar-refractivity contribution is -0.150. The van der Waals surface area contributed by atoms with Crippen molar-refractivity contribution in [1.82, 2.24) is 4.98 Å². The first-order chi connectivity index (χ1) is 11.2. The van der Waals surface area contributed by atoms with Crippen molar-refractivity contribution in [2.24, 2.45) is 5.92 Å². The van der Waals surface area contributed by atoms with Gasteiger partial charge in [-0.05, 0) is 54.2 Å². The average molecular weight is 376 g/mol. The molecule has 4 nitrogen and oxygen atoms in total. The summed E-state index contributed by atoms with van der Waals surface area (Å²) in [6, 6.07) is 7.29. The van der Waals surface area contributed by atoms with Crippen molar-refractivity contribution < 1.29 is 14.6 Å². The van der Waals surface area contributed by atoms with Crippen LogP contribution in [0.25, 0.3) is 0 Å². The van der Waals surface area contributed by atoms with Crippen molar-refractivity contribution in [1.29, 1.82) is 0 Å². The Morgan fingerprint density at radius 2 is 2.17 bits per heavy atom. The minimum Gasteiger partial charge on any atom is -0.508 e. The number of aromatic hydroxyl groups is 1. The van der Waals surface area contributed by atoms with Crippen LogP contribution in [0.1, 0.15) is 28.7 Å². The van der Waals surface area contributed by atoms with Crippen LogP contribution in [0.5, 0.6) is 5.75 Å². The Bertz CT molecular complexity index is 717. The van der Waals surface area contributed by atoms with Gasteiger partial charge in [0.05, 0.1) is 5.92 Å². The number of ether oxygens (including phenoxy) is 1. The summed E-state index contributed by atoms with van der Waals surface area (Å²) in [5.74, 6) is -0.0770. The second kappa shape index (κ2) is 7.13. The molecule has 0 saturated heterocycles. The Balaban J connectivity index is 1.63. The van der Waals surface area contributed by atoms with Gasteiger partial charge in [-0.1, -0.05) is 22.0 Å². The number of fused-ring (bicyclic) bond motifs is 1. The highest BCUT2D eigenvalue weighted by Crippen LogP contribution is 2.29. The maximum absolute atomic E-state index is 12.3. The third kappa shape index (κ3) is 3.72. The molecule has 2 aromatic rings. The van der Waals surface area contributed by atoms with Gasteiger partial charge in [-0.15, -0.1) is 0 Å². The number of alkyl halides is 1. The lowest BCUT2D eigenvalue weighted by Gasteiger charge is -2.23. The number of phenolic OH excluding ortho intramolecular Hbond substituents is 1. The Labute approximate surface area is 143 Å². The molecule has 0 bridgehead atoms. The van der Waals surface area contributed by atoms with Crippen molar-refractivity contribution in [3.63, 3.8) is 0 Å². The molecule has 0 amide bonds. The van der Waals surface area contributed by atoms with Gasteiger partial charge >= 0.3 is 5.97 Å². The number of phenols is 1. The number of rotatable bonds is 4. The molecule has 1 aliphatic rings. The van der Waals surface area contributed by atoms with Crippen molar-refractivity contribution in [3.05, 3.63) is 58.9 Å². The van der Waals surface area contributed by atoms with Crippen molar-refractivity contribution in [3.8, 4) is 5.75 Å². The highest BCUT2D eigenvalue weighted by atomic mass is 79.9. The standard InChI is InChI=1S/C18H18BrNO3/c19-9-14-5-6-20-10-16(14)11-23-18(22)13-2-1-12-3-4-17(21)8-15(12)7-13/h3-6,8,10,13,21H,1-2,7,9,11H2. The summed E-state index contributed by atoms with van der Waals surface area (Å²) in [4.78, 5) is 16.4. The first-order valence-electron chi connectivity index (χ1n) is 7.62. The zero-order chi connectivity index (χ0) is 16.2. The molecule has 23 heavy (non-hydrogen) atoms. The van der Waals surface area contributed by atoms with Crippen molar-refractivity contribution in [2.75, 3.05) is 0 Å². The van der Waals surface area contributed by atoms with Gasteiger partial charge in [-0.2, -0.15) is 0 Å². The van der Waals surface area contributed by atoms with Crippen LogP contribution < -0.4 is 0 Å². The summed E-state index contributed by atoms with van der Waals surface area (Å²) in [5, 5.41) is 10.3. The van der Waals surface area contributed by atoms with E-state index < -0.39 is 0 Å². The van der Waals surface area contributed by atoms with Gasteiger partial charge in [-0.25, -0.2) is 0 Å². The summed E-state index contributed by atoms with van der Waals surface area (Å²) in [5.41, 5.74) is 4.25. The van der Waals surface area contributed by atoms with E-state index in [9.17, 15) is 9.90 Å². The van der Waals surface area contributed by atoms with Crippen LogP contribution in [0.4, 0.5) is 0 Å². The van der Waals surface area contributed by atoms with Gasteiger partial charge in [0.25, 0.3) is 0 Å². The maximum Gasteiger partial charge on any atom is 0.309 e. The minimum absolute atomic E-state index is 0.145. The molecule has 0 aliphatic heterocycles. The number of benzene rings is 1. The van der Waals surface area contributed by atoms with Crippen LogP contribution in [0.15, 0.2) is 36.7 Å². The van der Waals surface area contributed by atoms with Crippen LogP contribution in [-0.2, 0) is 34.3 Å². The van der Waals surface area contributed by atoms with Crippen LogP contribution in [0.3, 0.4) is 0 Å². The predicted molar refractivity (Wildman–Crippen MR) is 90.3 cm³/mol. The Morgan fingerprint density at radius 1 is 1.30 bits per heavy atom. The van der Waals surface area contributed by atoms with Gasteiger partial charge < -0.3 is 9.84 Å². The minimum atomic E-state index is -0.177. The van der Waals surface area contributed by atoms with Gasteiger partial charge in [0, 0.05) is 23.3 Å². The third-order valence-corrected chi connectivity index (χ3v) is 4.87. The van der Waals surface area contributed by atoms with Crippen LogP contribution >= 0.6 is 15.9 Å². The monoisotopic (exact) mass is 375 g/mol. The molecule has 0 fully saturated rings. The Kier molecular flexibility index (Phi) is 4.96. The number of aryl methyl sites for hydroxylation is 1. The number of esters is 1. The molecule has 120 valence electrons. The van der Waals surface area contributed by atoms with Gasteiger partial charge in [0.15, 0.2) is 0 Å². The van der Waals surface area contributed by atoms with E-state index in [2.05, 4.69) is 20.9 Å². The quantitative estimate of drug-likeness (QED) is 0.655. The molecule has 0 spiro atoms. The molecule has 1 aromatic heterocycles. The van der Waals surface area contributed by atoms with Gasteiger partial charge in [-0.3, -0.25) is 9.78 Å². The van der Waals surface area contributed by atoms with E-state index in [1.54, 1.807) is 24.5 Å². The number of hydrogen-bond acceptors (Lipinski definition) is 4. The average Bonchev–Trinajstić information content (AvgIpc) is 2.59. The molecule has 1 atom stereocenters. The first kappa shape index (κ1) is 16.0. The molecule has 1 N–H and O–H groups in total. The van der Waals surface area contributed by atoms with E-state index in [0.29, 0.717) is 11.8 Å². The molecule has 5 heteroatoms. The zero-order valence-electron chi connectivity index (χ0n) is 12.7. The van der Waals surface area contributed by atoms with E-state index in [0.717, 1.165) is 29.5 Å². The molecular formula is C18H18BrNO3. The summed E-state index contributed by atoms with van der Waals surface area (Å²) in [7, 11) is 0. The van der Waals surface area contributed by atoms with Crippen molar-refractivity contribution in [2.45, 2.75) is 31.2 Å². The smallest absolute Gasteiger partial charge is 0.309 e. The lowest BCUT2D eigenvalue weighted by Crippen LogP contribution is -2.24. The normalized spacial score (nSPS) is 16.7. The summed E-state index contributed by atoms with van der Waals surface area (Å²) in [6.45, 7) is 0.247. The molecule has 1 unspecified atom stereocenters. The van der Waals surface area contributed by atoms with Gasteiger partial charge in [0.2, 0.25) is 0 Å². The molecule has 3 rings (SSSR count). The van der Waals surface area contributed by atoms with E-state index in [1.165, 1.54) is 5.56 Å². The second-order valence-electron chi connectivity index (χ2n) is 5.78. The molecular weight excluding hydrogens is 358 g/mol. The highest BCUT2D eigenvalue weighted by molar-refractivity contribution is 9.08. The number of aromatic nitrogens is 1. The SMILES string of the molecule is O=C(OCc1cnccc1CBr)C1CCc2ccc(O)cc2C1. The molecule has 1 aromatic carbocycles. The summed E-state index contributed by atoms with van der Waals surface area (Å²) in [6.07, 6.45) is 5.72. The van der Waals surface area contributed by atoms with E-state index in [-0.39, 0.29) is 24.2 Å². The predicted octanol–water partition coefficient (Wildman–Crippen LogP) is 3.53. The molecule has 1 aliphatic carbocycles. The van der Waals surface area contributed by atoms with E-state index in [4.69, 9.17) is 4.74 Å². The third-order valence-electron chi connectivity index (χ3n) is 4.27. The first-order valence-corrected chi connectivity index (χ1v) is 8.74. The topological polar surface area (TPSA) is 59.4 Å². The van der Waals surface area contributed by atoms with Gasteiger partial charge in [0.1, 0.15) is 12.4 Å². The van der Waals surface area contributed by atoms with Crippen LogP contribution in [-0.4, -0.2) is 16.1 Å². The lowest BCUT2D eigenvalue weighted by atomic mass is 9.84. The Morgan fingerprint density at radius 3 is 3.00 bits per heavy atom. The number of carbonyl (C=O) groups is 1. The zero-order valence-corrected chi connectivity index (χ0v) is 14.3. The van der Waals surface area contributed by atoms with E-state index >= 15 is 0 Å². The number of nitrogens with zero attached hydrogens (tertiary/aromatic N) is 1. The number of halogens is 1. The largest absolute Gasteiger partial charge is 0.508 e. The summed E-state index contributed by atoms with van der Waals surface area (Å²) < 4.78 is 5.49. The molecule has 1 heterocycles. The number of pyridine rings is 1. The van der Waals surface area contributed by atoms with Crippen LogP contribution in [0, 0.1) is 5.92 Å². The fourth-order valence-electron chi connectivity index (χ4n) is 2.93. The second-order valence-corrected chi connectivity index (χ2v) is 6.34. The highest BCUT2D eigenvalue weighted by Gasteiger charge is 2.26. The Hall–Kier alpha value is -1.88. The van der Waals surface area contributed by atoms with E-state index in [1.807, 2.05) is 12.1 Å².